The number of nitrogens with zero attached hydrogens (tertiary/aromatic N) is 1. The molecule has 90 valence electrons. The topological polar surface area (TPSA) is 60.2 Å². The zero-order valence-corrected chi connectivity index (χ0v) is 10.6. The first-order chi connectivity index (χ1) is 7.66. The third kappa shape index (κ3) is 2.58. The SMILES string of the molecule is CC(C)Oc1c(N)nsc1NCC1CCC1. The minimum Gasteiger partial charge on any atom is -0.484 e. The van der Waals surface area contributed by atoms with Gasteiger partial charge in [-0.1, -0.05) is 6.42 Å². The standard InChI is InChI=1S/C11H19N3OS/c1-7(2)15-9-10(12)14-16-11(9)13-6-8-4-3-5-8/h7-8,13H,3-6H2,1-2H3,(H2,12,14). The number of anilines is 2. The van der Waals surface area contributed by atoms with Gasteiger partial charge in [0.1, 0.15) is 0 Å². The lowest BCUT2D eigenvalue weighted by Gasteiger charge is -2.25. The van der Waals surface area contributed by atoms with Crippen molar-refractivity contribution in [2.45, 2.75) is 39.2 Å². The molecule has 1 aliphatic rings. The Morgan fingerprint density at radius 1 is 1.56 bits per heavy atom. The number of hydrogen-bond donors (Lipinski definition) is 2. The van der Waals surface area contributed by atoms with Crippen molar-refractivity contribution in [1.82, 2.24) is 4.37 Å². The first kappa shape index (κ1) is 11.5. The number of nitrogens with one attached hydrogen (secondary N) is 1. The second-order valence-corrected chi connectivity index (χ2v) is 5.34. The molecule has 2 rings (SSSR count). The highest BCUT2D eigenvalue weighted by Crippen LogP contribution is 2.37. The van der Waals surface area contributed by atoms with Crippen molar-refractivity contribution in [3.8, 4) is 5.75 Å². The van der Waals surface area contributed by atoms with Crippen LogP contribution in [0.2, 0.25) is 0 Å². The van der Waals surface area contributed by atoms with Gasteiger partial charge in [-0.25, -0.2) is 0 Å². The summed E-state index contributed by atoms with van der Waals surface area (Å²) in [5.74, 6) is 2.03. The van der Waals surface area contributed by atoms with Crippen LogP contribution in [-0.2, 0) is 0 Å². The molecular weight excluding hydrogens is 222 g/mol. The molecule has 0 unspecified atom stereocenters. The minimum atomic E-state index is 0.128. The molecule has 16 heavy (non-hydrogen) atoms. The maximum Gasteiger partial charge on any atom is 0.197 e. The van der Waals surface area contributed by atoms with Crippen molar-refractivity contribution in [1.29, 1.82) is 0 Å². The molecule has 0 radical (unpaired) electrons. The minimum absolute atomic E-state index is 0.128. The van der Waals surface area contributed by atoms with Gasteiger partial charge in [0, 0.05) is 6.54 Å². The van der Waals surface area contributed by atoms with Gasteiger partial charge in [0.25, 0.3) is 0 Å². The van der Waals surface area contributed by atoms with Crippen LogP contribution in [0.4, 0.5) is 10.8 Å². The Morgan fingerprint density at radius 2 is 2.31 bits per heavy atom. The third-order valence-corrected chi connectivity index (χ3v) is 3.60. The molecule has 0 aromatic carbocycles. The van der Waals surface area contributed by atoms with Gasteiger partial charge < -0.3 is 15.8 Å². The number of ether oxygens (including phenoxy) is 1. The molecular formula is C11H19N3OS. The summed E-state index contributed by atoms with van der Waals surface area (Å²) < 4.78 is 9.78. The second-order valence-electron chi connectivity index (χ2n) is 4.57. The van der Waals surface area contributed by atoms with Crippen molar-refractivity contribution < 1.29 is 4.74 Å². The number of hydrogen-bond acceptors (Lipinski definition) is 5. The van der Waals surface area contributed by atoms with Gasteiger partial charge in [-0.3, -0.25) is 0 Å². The fraction of sp³-hybridized carbons (Fsp3) is 0.727. The summed E-state index contributed by atoms with van der Waals surface area (Å²) in [5, 5.41) is 4.36. The average Bonchev–Trinajstić information content (AvgIpc) is 2.46. The molecule has 0 atom stereocenters. The molecule has 4 nitrogen and oxygen atoms in total. The van der Waals surface area contributed by atoms with Crippen LogP contribution in [-0.4, -0.2) is 17.0 Å². The Hall–Kier alpha value is -0.970. The van der Waals surface area contributed by atoms with Crippen LogP contribution in [0, 0.1) is 5.92 Å². The van der Waals surface area contributed by atoms with Gasteiger partial charge in [-0.15, -0.1) is 0 Å². The van der Waals surface area contributed by atoms with Crippen molar-refractivity contribution in [3.63, 3.8) is 0 Å². The molecule has 5 heteroatoms. The van der Waals surface area contributed by atoms with E-state index in [0.29, 0.717) is 5.82 Å². The zero-order chi connectivity index (χ0) is 11.5. The maximum absolute atomic E-state index is 5.78. The van der Waals surface area contributed by atoms with Crippen LogP contribution in [0.3, 0.4) is 0 Å². The first-order valence-electron chi connectivity index (χ1n) is 5.82. The lowest BCUT2D eigenvalue weighted by molar-refractivity contribution is 0.245. The predicted octanol–water partition coefficient (Wildman–Crippen LogP) is 2.72. The van der Waals surface area contributed by atoms with Crippen LogP contribution in [0.25, 0.3) is 0 Å². The Bertz CT molecular complexity index is 347. The Kier molecular flexibility index (Phi) is 3.53. The Balaban J connectivity index is 1.96. The Morgan fingerprint density at radius 3 is 2.88 bits per heavy atom. The lowest BCUT2D eigenvalue weighted by Crippen LogP contribution is -2.21. The molecule has 3 N–H and O–H groups in total. The van der Waals surface area contributed by atoms with E-state index in [9.17, 15) is 0 Å². The predicted molar refractivity (Wildman–Crippen MR) is 68.1 cm³/mol. The molecule has 1 aromatic heterocycles. The van der Waals surface area contributed by atoms with E-state index in [2.05, 4.69) is 9.69 Å². The summed E-state index contributed by atoms with van der Waals surface area (Å²) in [7, 11) is 0. The van der Waals surface area contributed by atoms with Crippen molar-refractivity contribution in [2.24, 2.45) is 5.92 Å². The van der Waals surface area contributed by atoms with Crippen LogP contribution in [0.5, 0.6) is 5.75 Å². The summed E-state index contributed by atoms with van der Waals surface area (Å²) in [6.07, 6.45) is 4.17. The number of nitrogen functional groups attached to an aromatic ring is 1. The van der Waals surface area contributed by atoms with Crippen molar-refractivity contribution in [2.75, 3.05) is 17.6 Å². The monoisotopic (exact) mass is 241 g/mol. The normalized spacial score (nSPS) is 16.2. The van der Waals surface area contributed by atoms with E-state index in [-0.39, 0.29) is 6.10 Å². The highest BCUT2D eigenvalue weighted by molar-refractivity contribution is 7.11. The summed E-state index contributed by atoms with van der Waals surface area (Å²) in [5.41, 5.74) is 5.78. The third-order valence-electron chi connectivity index (χ3n) is 2.80. The first-order valence-corrected chi connectivity index (χ1v) is 6.60. The second kappa shape index (κ2) is 4.91. The van der Waals surface area contributed by atoms with Gasteiger partial charge in [-0.2, -0.15) is 4.37 Å². The molecule has 0 aliphatic heterocycles. The summed E-state index contributed by atoms with van der Waals surface area (Å²) in [4.78, 5) is 0. The highest BCUT2D eigenvalue weighted by atomic mass is 32.1. The van der Waals surface area contributed by atoms with Crippen LogP contribution in [0.15, 0.2) is 0 Å². The van der Waals surface area contributed by atoms with Crippen molar-refractivity contribution >= 4 is 22.4 Å². The van der Waals surface area contributed by atoms with Gasteiger partial charge in [0.15, 0.2) is 16.6 Å². The van der Waals surface area contributed by atoms with Crippen LogP contribution < -0.4 is 15.8 Å². The number of nitrogens with two attached hydrogens (primary N) is 1. The molecule has 1 fully saturated rings. The van der Waals surface area contributed by atoms with E-state index in [1.807, 2.05) is 13.8 Å². The lowest BCUT2D eigenvalue weighted by atomic mass is 9.85. The fourth-order valence-electron chi connectivity index (χ4n) is 1.69. The van der Waals surface area contributed by atoms with E-state index in [4.69, 9.17) is 10.5 Å². The highest BCUT2D eigenvalue weighted by Gasteiger charge is 2.19. The quantitative estimate of drug-likeness (QED) is 0.832. The van der Waals surface area contributed by atoms with Gasteiger partial charge >= 0.3 is 0 Å². The van der Waals surface area contributed by atoms with Gasteiger partial charge in [-0.05, 0) is 44.1 Å². The summed E-state index contributed by atoms with van der Waals surface area (Å²) >= 11 is 1.38. The summed E-state index contributed by atoms with van der Waals surface area (Å²) in [6, 6.07) is 0. The van der Waals surface area contributed by atoms with E-state index >= 15 is 0 Å². The van der Waals surface area contributed by atoms with E-state index < -0.39 is 0 Å². The largest absolute Gasteiger partial charge is 0.484 e. The summed E-state index contributed by atoms with van der Waals surface area (Å²) in [6.45, 7) is 5.00. The average molecular weight is 241 g/mol. The molecule has 0 saturated heterocycles. The smallest absolute Gasteiger partial charge is 0.197 e. The van der Waals surface area contributed by atoms with Crippen molar-refractivity contribution in [3.05, 3.63) is 0 Å². The van der Waals surface area contributed by atoms with Crippen LogP contribution >= 0.6 is 11.5 Å². The molecule has 1 saturated carbocycles. The fourth-order valence-corrected chi connectivity index (χ4v) is 2.35. The molecule has 0 spiro atoms. The molecule has 0 bridgehead atoms. The Labute approximate surface area is 100 Å². The molecule has 0 amide bonds. The van der Waals surface area contributed by atoms with Gasteiger partial charge in [0.2, 0.25) is 0 Å². The van der Waals surface area contributed by atoms with E-state index in [1.165, 1.54) is 30.8 Å². The number of rotatable bonds is 5. The van der Waals surface area contributed by atoms with E-state index in [0.717, 1.165) is 23.2 Å². The number of aromatic nitrogens is 1. The zero-order valence-electron chi connectivity index (χ0n) is 9.82. The molecule has 1 aromatic rings. The van der Waals surface area contributed by atoms with Crippen LogP contribution in [0.1, 0.15) is 33.1 Å². The molecule has 1 aliphatic carbocycles. The maximum atomic E-state index is 5.78. The van der Waals surface area contributed by atoms with Gasteiger partial charge in [0.05, 0.1) is 6.10 Å². The molecule has 1 heterocycles. The van der Waals surface area contributed by atoms with E-state index in [1.54, 1.807) is 0 Å².